The first-order valence-electron chi connectivity index (χ1n) is 5.35. The normalized spacial score (nSPS) is 10.4. The van der Waals surface area contributed by atoms with Crippen molar-refractivity contribution in [2.45, 2.75) is 6.92 Å². The summed E-state index contributed by atoms with van der Waals surface area (Å²) in [6, 6.07) is 8.23. The number of benzene rings is 1. The largest absolute Gasteiger partial charge is 0.381 e. The van der Waals surface area contributed by atoms with Crippen LogP contribution in [0.2, 0.25) is 0 Å². The Labute approximate surface area is 95.1 Å². The van der Waals surface area contributed by atoms with Gasteiger partial charge in [0.15, 0.2) is 0 Å². The van der Waals surface area contributed by atoms with Gasteiger partial charge in [-0.15, -0.1) is 0 Å². The van der Waals surface area contributed by atoms with E-state index in [1.165, 1.54) is 5.56 Å². The van der Waals surface area contributed by atoms with E-state index in [1.807, 2.05) is 23.0 Å². The fraction of sp³-hybridized carbons (Fsp3) is 0.250. The maximum absolute atomic E-state index is 5.42. The van der Waals surface area contributed by atoms with Crippen LogP contribution in [0, 0.1) is 6.92 Å². The van der Waals surface area contributed by atoms with Crippen LogP contribution in [0.4, 0.5) is 5.69 Å². The molecule has 3 N–H and O–H groups in total. The molecular formula is C12H16N4. The summed E-state index contributed by atoms with van der Waals surface area (Å²) in [4.78, 5) is 0. The molecule has 0 bridgehead atoms. The van der Waals surface area contributed by atoms with Crippen LogP contribution in [0.3, 0.4) is 0 Å². The first-order chi connectivity index (χ1) is 7.79. The number of nitrogens with zero attached hydrogens (tertiary/aromatic N) is 2. The van der Waals surface area contributed by atoms with Crippen molar-refractivity contribution < 1.29 is 0 Å². The number of aryl methyl sites for hydroxylation is 1. The summed E-state index contributed by atoms with van der Waals surface area (Å²) in [5.41, 5.74) is 8.71. The second kappa shape index (κ2) is 4.81. The van der Waals surface area contributed by atoms with Gasteiger partial charge in [-0.1, -0.05) is 12.1 Å². The van der Waals surface area contributed by atoms with E-state index in [9.17, 15) is 0 Å². The molecule has 1 aromatic carbocycles. The molecule has 0 aliphatic heterocycles. The van der Waals surface area contributed by atoms with E-state index in [-0.39, 0.29) is 0 Å². The third-order valence-corrected chi connectivity index (χ3v) is 2.32. The maximum Gasteiger partial charge on any atom is 0.0731 e. The van der Waals surface area contributed by atoms with Crippen LogP contribution in [-0.2, 0) is 0 Å². The molecule has 84 valence electrons. The third kappa shape index (κ3) is 2.41. The van der Waals surface area contributed by atoms with Gasteiger partial charge in [0.2, 0.25) is 0 Å². The first-order valence-corrected chi connectivity index (χ1v) is 5.35. The van der Waals surface area contributed by atoms with Crippen LogP contribution in [0.5, 0.6) is 0 Å². The fourth-order valence-corrected chi connectivity index (χ4v) is 1.54. The lowest BCUT2D eigenvalue weighted by Gasteiger charge is -2.02. The number of nitrogens with two attached hydrogens (primary N) is 1. The topological polar surface area (TPSA) is 55.9 Å². The Hall–Kier alpha value is -1.81. The Kier molecular flexibility index (Phi) is 3.22. The molecule has 4 heteroatoms. The maximum atomic E-state index is 5.42. The van der Waals surface area contributed by atoms with E-state index in [1.54, 1.807) is 6.20 Å². The predicted molar refractivity (Wildman–Crippen MR) is 65.8 cm³/mol. The molecule has 16 heavy (non-hydrogen) atoms. The minimum Gasteiger partial charge on any atom is -0.381 e. The van der Waals surface area contributed by atoms with Gasteiger partial charge in [0.05, 0.1) is 23.8 Å². The highest BCUT2D eigenvalue weighted by molar-refractivity contribution is 5.43. The molecule has 0 atom stereocenters. The second-order valence-electron chi connectivity index (χ2n) is 3.73. The monoisotopic (exact) mass is 216 g/mol. The zero-order valence-corrected chi connectivity index (χ0v) is 9.35. The van der Waals surface area contributed by atoms with Crippen LogP contribution >= 0.6 is 0 Å². The van der Waals surface area contributed by atoms with E-state index in [4.69, 9.17) is 5.73 Å². The number of anilines is 1. The van der Waals surface area contributed by atoms with Gasteiger partial charge in [0.1, 0.15) is 0 Å². The number of nitrogens with one attached hydrogen (secondary N) is 1. The number of aromatic nitrogens is 2. The van der Waals surface area contributed by atoms with Crippen molar-refractivity contribution in [3.05, 3.63) is 42.2 Å². The Morgan fingerprint density at radius 2 is 2.31 bits per heavy atom. The zero-order valence-electron chi connectivity index (χ0n) is 9.35. The quantitative estimate of drug-likeness (QED) is 0.815. The van der Waals surface area contributed by atoms with Gasteiger partial charge in [-0.05, 0) is 24.6 Å². The molecule has 0 unspecified atom stereocenters. The summed E-state index contributed by atoms with van der Waals surface area (Å²) in [6.45, 7) is 3.45. The third-order valence-electron chi connectivity index (χ3n) is 2.32. The van der Waals surface area contributed by atoms with Crippen molar-refractivity contribution in [1.29, 1.82) is 0 Å². The number of rotatable bonds is 4. The smallest absolute Gasteiger partial charge is 0.0731 e. The van der Waals surface area contributed by atoms with Gasteiger partial charge in [-0.25, -0.2) is 4.68 Å². The van der Waals surface area contributed by atoms with E-state index in [2.05, 4.69) is 29.5 Å². The highest BCUT2D eigenvalue weighted by atomic mass is 15.3. The Bertz CT molecular complexity index is 462. The van der Waals surface area contributed by atoms with Crippen molar-refractivity contribution >= 4 is 5.69 Å². The molecule has 0 radical (unpaired) electrons. The molecule has 0 fully saturated rings. The summed E-state index contributed by atoms with van der Waals surface area (Å²) in [6.07, 6.45) is 3.77. The van der Waals surface area contributed by atoms with Gasteiger partial charge in [-0.2, -0.15) is 5.10 Å². The van der Waals surface area contributed by atoms with Crippen LogP contribution in [0.1, 0.15) is 5.56 Å². The molecule has 0 amide bonds. The van der Waals surface area contributed by atoms with Gasteiger partial charge in [-0.3, -0.25) is 0 Å². The second-order valence-corrected chi connectivity index (χ2v) is 3.73. The van der Waals surface area contributed by atoms with E-state index in [0.717, 1.165) is 17.9 Å². The molecule has 1 aromatic heterocycles. The van der Waals surface area contributed by atoms with Crippen molar-refractivity contribution in [1.82, 2.24) is 9.78 Å². The summed E-state index contributed by atoms with van der Waals surface area (Å²) in [5.74, 6) is 0. The predicted octanol–water partition coefficient (Wildman–Crippen LogP) is 1.55. The van der Waals surface area contributed by atoms with Crippen LogP contribution in [0.25, 0.3) is 5.69 Å². The Balaban J connectivity index is 2.18. The standard InChI is InChI=1S/C12H16N4/c1-10-3-2-4-12(7-10)16-9-11(8-15-16)14-6-5-13/h2-4,7-9,14H,5-6,13H2,1H3. The van der Waals surface area contributed by atoms with Crippen molar-refractivity contribution in [2.75, 3.05) is 18.4 Å². The molecule has 0 saturated carbocycles. The average Bonchev–Trinajstić information content (AvgIpc) is 2.75. The van der Waals surface area contributed by atoms with Crippen LogP contribution < -0.4 is 11.1 Å². The molecule has 1 heterocycles. The molecule has 0 spiro atoms. The van der Waals surface area contributed by atoms with E-state index >= 15 is 0 Å². The number of hydrogen-bond acceptors (Lipinski definition) is 3. The minimum atomic E-state index is 0.621. The summed E-state index contributed by atoms with van der Waals surface area (Å²) in [5, 5.41) is 7.48. The summed E-state index contributed by atoms with van der Waals surface area (Å²) in [7, 11) is 0. The first kappa shape index (κ1) is 10.7. The zero-order chi connectivity index (χ0) is 11.4. The lowest BCUT2D eigenvalue weighted by molar-refractivity contribution is 0.879. The van der Waals surface area contributed by atoms with E-state index in [0.29, 0.717) is 6.54 Å². The SMILES string of the molecule is Cc1cccc(-n2cc(NCCN)cn2)c1. The molecule has 4 nitrogen and oxygen atoms in total. The molecule has 2 rings (SSSR count). The molecule has 0 aliphatic rings. The highest BCUT2D eigenvalue weighted by Crippen LogP contribution is 2.12. The molecular weight excluding hydrogens is 200 g/mol. The summed E-state index contributed by atoms with van der Waals surface area (Å²) >= 11 is 0. The van der Waals surface area contributed by atoms with Gasteiger partial charge >= 0.3 is 0 Å². The molecule has 0 saturated heterocycles. The number of hydrogen-bond donors (Lipinski definition) is 2. The summed E-state index contributed by atoms with van der Waals surface area (Å²) < 4.78 is 1.85. The lowest BCUT2D eigenvalue weighted by Crippen LogP contribution is -2.12. The molecule has 2 aromatic rings. The van der Waals surface area contributed by atoms with Crippen LogP contribution in [-0.4, -0.2) is 22.9 Å². The van der Waals surface area contributed by atoms with Crippen LogP contribution in [0.15, 0.2) is 36.7 Å². The van der Waals surface area contributed by atoms with Crippen molar-refractivity contribution in [3.63, 3.8) is 0 Å². The van der Waals surface area contributed by atoms with Gasteiger partial charge < -0.3 is 11.1 Å². The Morgan fingerprint density at radius 3 is 3.06 bits per heavy atom. The lowest BCUT2D eigenvalue weighted by atomic mass is 10.2. The highest BCUT2D eigenvalue weighted by Gasteiger charge is 1.99. The van der Waals surface area contributed by atoms with Crippen molar-refractivity contribution in [3.8, 4) is 5.69 Å². The van der Waals surface area contributed by atoms with Gasteiger partial charge in [0, 0.05) is 13.1 Å². The fourth-order valence-electron chi connectivity index (χ4n) is 1.54. The Morgan fingerprint density at radius 1 is 1.44 bits per heavy atom. The average molecular weight is 216 g/mol. The molecule has 0 aliphatic carbocycles. The van der Waals surface area contributed by atoms with E-state index < -0.39 is 0 Å². The minimum absolute atomic E-state index is 0.621. The van der Waals surface area contributed by atoms with Crippen molar-refractivity contribution in [2.24, 2.45) is 5.73 Å². The van der Waals surface area contributed by atoms with Gasteiger partial charge in [0.25, 0.3) is 0 Å².